The van der Waals surface area contributed by atoms with Crippen molar-refractivity contribution >= 4 is 23.9 Å². The van der Waals surface area contributed by atoms with Gasteiger partial charge in [-0.2, -0.15) is 5.10 Å². The van der Waals surface area contributed by atoms with E-state index in [0.717, 1.165) is 17.3 Å². The van der Waals surface area contributed by atoms with Gasteiger partial charge in [0.05, 0.1) is 11.7 Å². The highest BCUT2D eigenvalue weighted by Crippen LogP contribution is 2.33. The molecule has 1 amide bonds. The summed E-state index contributed by atoms with van der Waals surface area (Å²) >= 11 is 0. The molecular formula is C22H21F2N5O2. The van der Waals surface area contributed by atoms with E-state index in [-0.39, 0.29) is 17.6 Å². The first-order valence-electron chi connectivity index (χ1n) is 10.4. The molecular weight excluding hydrogens is 404 g/mol. The Morgan fingerprint density at radius 1 is 1.06 bits per heavy atom. The molecule has 0 unspecified atom stereocenters. The predicted molar refractivity (Wildman–Crippen MR) is 108 cm³/mol. The average molecular weight is 425 g/mol. The normalized spacial score (nSPS) is 21.1. The van der Waals surface area contributed by atoms with Gasteiger partial charge in [-0.3, -0.25) is 9.59 Å². The number of hydrogen-bond acceptors (Lipinski definition) is 6. The van der Waals surface area contributed by atoms with Crippen LogP contribution in [0.3, 0.4) is 0 Å². The molecule has 0 spiro atoms. The highest BCUT2D eigenvalue weighted by Gasteiger charge is 2.35. The van der Waals surface area contributed by atoms with Crippen LogP contribution in [-0.4, -0.2) is 46.0 Å². The number of Topliss-reactive ketones (excluding diaryl/α,β-unsaturated/α-hetero) is 1. The molecule has 9 heteroatoms. The lowest BCUT2D eigenvalue weighted by Crippen LogP contribution is -2.41. The lowest BCUT2D eigenvalue weighted by atomic mass is 9.94. The summed E-state index contributed by atoms with van der Waals surface area (Å²) in [6, 6.07) is 2.83. The minimum atomic E-state index is -0.668. The van der Waals surface area contributed by atoms with Crippen molar-refractivity contribution in [3.63, 3.8) is 0 Å². The average Bonchev–Trinajstić information content (AvgIpc) is 3.38. The fraction of sp³-hybridized carbons (Fsp3) is 0.409. The fourth-order valence-corrected chi connectivity index (χ4v) is 4.53. The van der Waals surface area contributed by atoms with Crippen molar-refractivity contribution in [1.82, 2.24) is 15.0 Å². The quantitative estimate of drug-likeness (QED) is 0.755. The van der Waals surface area contributed by atoms with Crippen molar-refractivity contribution in [2.24, 2.45) is 11.0 Å². The Labute approximate surface area is 177 Å². The predicted octanol–water partition coefficient (Wildman–Crippen LogP) is 2.60. The van der Waals surface area contributed by atoms with E-state index < -0.39 is 17.7 Å². The van der Waals surface area contributed by atoms with Crippen molar-refractivity contribution in [2.45, 2.75) is 38.1 Å². The molecule has 0 saturated carbocycles. The molecule has 7 nitrogen and oxygen atoms in total. The van der Waals surface area contributed by atoms with Gasteiger partial charge in [0.1, 0.15) is 17.4 Å². The van der Waals surface area contributed by atoms with E-state index in [1.165, 1.54) is 17.1 Å². The Kier molecular flexibility index (Phi) is 4.95. The second-order valence-corrected chi connectivity index (χ2v) is 8.23. The van der Waals surface area contributed by atoms with Crippen LogP contribution in [-0.2, 0) is 22.4 Å². The number of benzene rings is 1. The number of rotatable bonds is 3. The van der Waals surface area contributed by atoms with Gasteiger partial charge in [0.2, 0.25) is 11.9 Å². The van der Waals surface area contributed by atoms with E-state index >= 15 is 0 Å². The molecule has 2 aromatic rings. The first-order valence-corrected chi connectivity index (χ1v) is 10.4. The largest absolute Gasteiger partial charge is 0.341 e. The summed E-state index contributed by atoms with van der Waals surface area (Å²) in [5.74, 6) is -0.958. The molecule has 1 saturated heterocycles. The van der Waals surface area contributed by atoms with Crippen LogP contribution < -0.4 is 4.90 Å². The number of hydrazone groups is 1. The smallest absolute Gasteiger partial charge is 0.246 e. The second kappa shape index (κ2) is 7.79. The minimum Gasteiger partial charge on any atom is -0.341 e. The molecule has 2 aliphatic heterocycles. The van der Waals surface area contributed by atoms with Crippen molar-refractivity contribution < 1.29 is 18.4 Å². The minimum absolute atomic E-state index is 0.136. The first-order chi connectivity index (χ1) is 15.0. The van der Waals surface area contributed by atoms with Gasteiger partial charge >= 0.3 is 0 Å². The van der Waals surface area contributed by atoms with E-state index in [2.05, 4.69) is 15.1 Å². The number of carbonyl (C=O) groups excluding carboxylic acids is 2. The number of carbonyl (C=O) groups is 2. The van der Waals surface area contributed by atoms with E-state index in [4.69, 9.17) is 0 Å². The van der Waals surface area contributed by atoms with E-state index in [0.29, 0.717) is 56.7 Å². The van der Waals surface area contributed by atoms with Gasteiger partial charge in [0.15, 0.2) is 0 Å². The summed E-state index contributed by atoms with van der Waals surface area (Å²) in [7, 11) is 0. The number of hydrogen-bond donors (Lipinski definition) is 0. The lowest BCUT2D eigenvalue weighted by molar-refractivity contribution is -0.138. The van der Waals surface area contributed by atoms with Crippen molar-refractivity contribution in [3.8, 4) is 0 Å². The maximum absolute atomic E-state index is 13.7. The van der Waals surface area contributed by atoms with Crippen LogP contribution in [0.15, 0.2) is 29.5 Å². The third kappa shape index (κ3) is 3.80. The summed E-state index contributed by atoms with van der Waals surface area (Å²) in [6.07, 6.45) is 5.73. The molecule has 1 atom stereocenters. The van der Waals surface area contributed by atoms with Crippen LogP contribution in [0, 0.1) is 17.6 Å². The maximum atomic E-state index is 13.7. The molecule has 3 aliphatic rings. The standard InChI is InChI=1S/C22H21F2N5O2/c23-16-7-14(8-17(24)10-16)20-1-4-26-29(20)21(31)13-2-5-28(6-3-13)22-25-12-15-9-18(30)11-19(15)27-22/h4,7-8,10,12-13,20H,1-3,5-6,9,11H2/t20-/m0/s1. The van der Waals surface area contributed by atoms with E-state index in [9.17, 15) is 18.4 Å². The Balaban J connectivity index is 1.25. The van der Waals surface area contributed by atoms with Crippen LogP contribution >= 0.6 is 0 Å². The lowest BCUT2D eigenvalue weighted by Gasteiger charge is -2.34. The van der Waals surface area contributed by atoms with Gasteiger partial charge in [0.25, 0.3) is 0 Å². The van der Waals surface area contributed by atoms with Gasteiger partial charge in [-0.15, -0.1) is 0 Å². The molecule has 1 aromatic carbocycles. The summed E-state index contributed by atoms with van der Waals surface area (Å²) in [5, 5.41) is 5.56. The van der Waals surface area contributed by atoms with Crippen LogP contribution in [0.4, 0.5) is 14.7 Å². The van der Waals surface area contributed by atoms with Gasteiger partial charge in [0, 0.05) is 56.7 Å². The molecule has 5 rings (SSSR count). The van der Waals surface area contributed by atoms with E-state index in [1.54, 1.807) is 12.4 Å². The second-order valence-electron chi connectivity index (χ2n) is 8.23. The van der Waals surface area contributed by atoms with Crippen LogP contribution in [0.1, 0.15) is 42.1 Å². The molecule has 160 valence electrons. The molecule has 1 aromatic heterocycles. The zero-order valence-corrected chi connectivity index (χ0v) is 16.8. The fourth-order valence-electron chi connectivity index (χ4n) is 4.53. The number of nitrogens with zero attached hydrogens (tertiary/aromatic N) is 5. The molecule has 1 fully saturated rings. The highest BCUT2D eigenvalue weighted by atomic mass is 19.1. The number of piperidine rings is 1. The third-order valence-corrected chi connectivity index (χ3v) is 6.15. The number of ketones is 1. The molecule has 31 heavy (non-hydrogen) atoms. The summed E-state index contributed by atoms with van der Waals surface area (Å²) in [6.45, 7) is 1.22. The number of fused-ring (bicyclic) bond motifs is 1. The number of halogens is 2. The number of anilines is 1. The monoisotopic (exact) mass is 425 g/mol. The van der Waals surface area contributed by atoms with Gasteiger partial charge in [-0.1, -0.05) is 0 Å². The SMILES string of the molecule is O=C1Cc2cnc(N3CCC(C(=O)N4N=CC[C@H]4c4cc(F)cc(F)c4)CC3)nc2C1. The zero-order chi connectivity index (χ0) is 21.5. The molecule has 0 radical (unpaired) electrons. The topological polar surface area (TPSA) is 78.8 Å². The summed E-state index contributed by atoms with van der Waals surface area (Å²) in [4.78, 5) is 35.7. The van der Waals surface area contributed by atoms with Crippen molar-refractivity contribution in [3.05, 3.63) is 52.9 Å². The Morgan fingerprint density at radius 3 is 2.55 bits per heavy atom. The van der Waals surface area contributed by atoms with Gasteiger partial charge < -0.3 is 4.90 Å². The highest BCUT2D eigenvalue weighted by molar-refractivity contribution is 5.87. The van der Waals surface area contributed by atoms with Gasteiger partial charge in [-0.05, 0) is 36.1 Å². The van der Waals surface area contributed by atoms with Crippen LogP contribution in [0.25, 0.3) is 0 Å². The maximum Gasteiger partial charge on any atom is 0.246 e. The molecule has 0 N–H and O–H groups in total. The van der Waals surface area contributed by atoms with Crippen molar-refractivity contribution in [1.29, 1.82) is 0 Å². The Hall–Kier alpha value is -3.23. The Morgan fingerprint density at radius 2 is 1.81 bits per heavy atom. The molecule has 3 heterocycles. The van der Waals surface area contributed by atoms with E-state index in [1.807, 2.05) is 4.90 Å². The first kappa shape index (κ1) is 19.7. The zero-order valence-electron chi connectivity index (χ0n) is 16.8. The Bertz CT molecular complexity index is 1060. The van der Waals surface area contributed by atoms with Gasteiger partial charge in [-0.25, -0.2) is 23.8 Å². The third-order valence-electron chi connectivity index (χ3n) is 6.15. The molecule has 0 bridgehead atoms. The number of amides is 1. The summed E-state index contributed by atoms with van der Waals surface area (Å²) < 4.78 is 27.3. The van der Waals surface area contributed by atoms with Crippen LogP contribution in [0.5, 0.6) is 0 Å². The molecule has 1 aliphatic carbocycles. The summed E-state index contributed by atoms with van der Waals surface area (Å²) in [5.41, 5.74) is 2.09. The van der Waals surface area contributed by atoms with Crippen LogP contribution in [0.2, 0.25) is 0 Å². The van der Waals surface area contributed by atoms with Crippen molar-refractivity contribution in [2.75, 3.05) is 18.0 Å². The number of aromatic nitrogens is 2.